The maximum Gasteiger partial charge on any atom is 0.0406 e. The van der Waals surface area contributed by atoms with E-state index in [0.29, 0.717) is 6.04 Å². The fraction of sp³-hybridized carbons (Fsp3) is 0.273. The summed E-state index contributed by atoms with van der Waals surface area (Å²) in [5.41, 5.74) is 1.17. The van der Waals surface area contributed by atoms with Gasteiger partial charge >= 0.3 is 0 Å². The van der Waals surface area contributed by atoms with E-state index in [2.05, 4.69) is 24.4 Å². The Morgan fingerprint density at radius 1 is 1.31 bits per heavy atom. The standard InChI is InChI=1S/C11H14ClN/c1-9(13-2)3-4-10-5-7-11(12)8-6-10/h3-9,13H,1-2H3/b4-3+. The van der Waals surface area contributed by atoms with Gasteiger partial charge < -0.3 is 5.32 Å². The fourth-order valence-electron chi connectivity index (χ4n) is 0.926. The monoisotopic (exact) mass is 195 g/mol. The summed E-state index contributed by atoms with van der Waals surface area (Å²) in [5.74, 6) is 0. The molecule has 0 radical (unpaired) electrons. The minimum Gasteiger partial charge on any atom is -0.314 e. The van der Waals surface area contributed by atoms with Crippen molar-refractivity contribution in [3.05, 3.63) is 40.9 Å². The Bertz CT molecular complexity index is 277. The summed E-state index contributed by atoms with van der Waals surface area (Å²) in [4.78, 5) is 0. The first-order chi connectivity index (χ1) is 6.22. The second kappa shape index (κ2) is 5.05. The molecule has 1 aromatic rings. The molecular weight excluding hydrogens is 182 g/mol. The van der Waals surface area contributed by atoms with E-state index in [-0.39, 0.29) is 0 Å². The predicted molar refractivity (Wildman–Crippen MR) is 59.0 cm³/mol. The number of rotatable bonds is 3. The highest BCUT2D eigenvalue weighted by Gasteiger charge is 1.90. The average molecular weight is 196 g/mol. The molecule has 0 aliphatic heterocycles. The predicted octanol–water partition coefficient (Wildman–Crippen LogP) is 2.96. The quantitative estimate of drug-likeness (QED) is 0.782. The summed E-state index contributed by atoms with van der Waals surface area (Å²) in [6, 6.07) is 8.19. The van der Waals surface area contributed by atoms with Gasteiger partial charge in [-0.3, -0.25) is 0 Å². The molecule has 0 bridgehead atoms. The summed E-state index contributed by atoms with van der Waals surface area (Å²) >= 11 is 5.77. The van der Waals surface area contributed by atoms with E-state index in [1.165, 1.54) is 5.56 Å². The number of benzene rings is 1. The SMILES string of the molecule is CNC(C)/C=C/c1ccc(Cl)cc1. The van der Waals surface area contributed by atoms with Gasteiger partial charge in [-0.1, -0.05) is 35.9 Å². The highest BCUT2D eigenvalue weighted by molar-refractivity contribution is 6.30. The summed E-state index contributed by atoms with van der Waals surface area (Å²) < 4.78 is 0. The molecule has 0 heterocycles. The van der Waals surface area contributed by atoms with Gasteiger partial charge in [-0.15, -0.1) is 0 Å². The number of halogens is 1. The lowest BCUT2D eigenvalue weighted by Crippen LogP contribution is -2.17. The average Bonchev–Trinajstić information content (AvgIpc) is 2.16. The lowest BCUT2D eigenvalue weighted by atomic mass is 10.2. The van der Waals surface area contributed by atoms with E-state index >= 15 is 0 Å². The third-order valence-corrected chi connectivity index (χ3v) is 2.15. The second-order valence-corrected chi connectivity index (χ2v) is 3.42. The summed E-state index contributed by atoms with van der Waals surface area (Å²) in [7, 11) is 1.94. The highest BCUT2D eigenvalue weighted by Crippen LogP contribution is 2.10. The molecule has 0 saturated carbocycles. The minimum atomic E-state index is 0.399. The number of likely N-dealkylation sites (N-methyl/N-ethyl adjacent to an activating group) is 1. The van der Waals surface area contributed by atoms with Gasteiger partial charge in [0.1, 0.15) is 0 Å². The van der Waals surface area contributed by atoms with E-state index in [1.807, 2.05) is 31.3 Å². The van der Waals surface area contributed by atoms with Gasteiger partial charge in [0.2, 0.25) is 0 Å². The molecule has 0 fully saturated rings. The topological polar surface area (TPSA) is 12.0 Å². The number of nitrogens with one attached hydrogen (secondary N) is 1. The van der Waals surface area contributed by atoms with Gasteiger partial charge in [-0.25, -0.2) is 0 Å². The zero-order valence-corrected chi connectivity index (χ0v) is 8.68. The summed E-state index contributed by atoms with van der Waals surface area (Å²) in [6.45, 7) is 2.10. The Kier molecular flexibility index (Phi) is 4.00. The van der Waals surface area contributed by atoms with Crippen molar-refractivity contribution in [1.82, 2.24) is 5.32 Å². The van der Waals surface area contributed by atoms with Crippen LogP contribution in [-0.4, -0.2) is 13.1 Å². The van der Waals surface area contributed by atoms with Crippen LogP contribution in [0.3, 0.4) is 0 Å². The van der Waals surface area contributed by atoms with Crippen LogP contribution in [0.15, 0.2) is 30.3 Å². The Hall–Kier alpha value is -0.790. The van der Waals surface area contributed by atoms with Crippen molar-refractivity contribution >= 4 is 17.7 Å². The van der Waals surface area contributed by atoms with Crippen LogP contribution in [-0.2, 0) is 0 Å². The van der Waals surface area contributed by atoms with E-state index in [0.717, 1.165) is 5.02 Å². The first-order valence-corrected chi connectivity index (χ1v) is 4.71. The van der Waals surface area contributed by atoms with Crippen LogP contribution in [0, 0.1) is 0 Å². The molecule has 1 N–H and O–H groups in total. The van der Waals surface area contributed by atoms with Gasteiger partial charge in [0.25, 0.3) is 0 Å². The van der Waals surface area contributed by atoms with Gasteiger partial charge in [-0.2, -0.15) is 0 Å². The molecule has 1 aromatic carbocycles. The molecule has 13 heavy (non-hydrogen) atoms. The van der Waals surface area contributed by atoms with Crippen molar-refractivity contribution in [3.63, 3.8) is 0 Å². The molecule has 1 nitrogen and oxygen atoms in total. The Morgan fingerprint density at radius 3 is 2.46 bits per heavy atom. The molecule has 2 heteroatoms. The van der Waals surface area contributed by atoms with E-state index < -0.39 is 0 Å². The van der Waals surface area contributed by atoms with Crippen molar-refractivity contribution in [2.45, 2.75) is 13.0 Å². The zero-order valence-electron chi connectivity index (χ0n) is 7.92. The van der Waals surface area contributed by atoms with Crippen molar-refractivity contribution in [1.29, 1.82) is 0 Å². The molecule has 70 valence electrons. The first kappa shape index (κ1) is 10.3. The van der Waals surface area contributed by atoms with Crippen molar-refractivity contribution in [2.24, 2.45) is 0 Å². The number of hydrogen-bond acceptors (Lipinski definition) is 1. The molecule has 0 aromatic heterocycles. The molecule has 1 rings (SSSR count). The Balaban J connectivity index is 2.64. The normalized spacial score (nSPS) is 13.5. The maximum atomic E-state index is 5.77. The van der Waals surface area contributed by atoms with Crippen molar-refractivity contribution < 1.29 is 0 Å². The van der Waals surface area contributed by atoms with E-state index in [9.17, 15) is 0 Å². The Morgan fingerprint density at radius 2 is 1.92 bits per heavy atom. The molecule has 0 aliphatic rings. The van der Waals surface area contributed by atoms with Crippen LogP contribution in [0.2, 0.25) is 5.02 Å². The van der Waals surface area contributed by atoms with Crippen LogP contribution in [0.25, 0.3) is 6.08 Å². The summed E-state index contributed by atoms with van der Waals surface area (Å²) in [6.07, 6.45) is 4.20. The molecule has 0 spiro atoms. The van der Waals surface area contributed by atoms with Crippen LogP contribution < -0.4 is 5.32 Å². The van der Waals surface area contributed by atoms with Gasteiger partial charge in [0, 0.05) is 11.1 Å². The van der Waals surface area contributed by atoms with Gasteiger partial charge in [-0.05, 0) is 31.7 Å². The Labute approximate surface area is 84.4 Å². The van der Waals surface area contributed by atoms with Crippen LogP contribution in [0.4, 0.5) is 0 Å². The van der Waals surface area contributed by atoms with Crippen LogP contribution in [0.1, 0.15) is 12.5 Å². The van der Waals surface area contributed by atoms with Crippen molar-refractivity contribution in [3.8, 4) is 0 Å². The molecule has 0 amide bonds. The first-order valence-electron chi connectivity index (χ1n) is 4.33. The van der Waals surface area contributed by atoms with Crippen LogP contribution >= 0.6 is 11.6 Å². The molecule has 0 aliphatic carbocycles. The fourth-order valence-corrected chi connectivity index (χ4v) is 1.05. The molecule has 1 atom stereocenters. The highest BCUT2D eigenvalue weighted by atomic mass is 35.5. The minimum absolute atomic E-state index is 0.399. The third kappa shape index (κ3) is 3.62. The molecule has 1 unspecified atom stereocenters. The van der Waals surface area contributed by atoms with E-state index in [4.69, 9.17) is 11.6 Å². The lowest BCUT2D eigenvalue weighted by molar-refractivity contribution is 0.731. The van der Waals surface area contributed by atoms with Gasteiger partial charge in [0.05, 0.1) is 0 Å². The largest absolute Gasteiger partial charge is 0.314 e. The van der Waals surface area contributed by atoms with Crippen LogP contribution in [0.5, 0.6) is 0 Å². The van der Waals surface area contributed by atoms with Crippen molar-refractivity contribution in [2.75, 3.05) is 7.05 Å². The smallest absolute Gasteiger partial charge is 0.0406 e. The molecular formula is C11H14ClN. The van der Waals surface area contributed by atoms with Gasteiger partial charge in [0.15, 0.2) is 0 Å². The molecule has 0 saturated heterocycles. The summed E-state index contributed by atoms with van der Waals surface area (Å²) in [5, 5.41) is 3.91. The lowest BCUT2D eigenvalue weighted by Gasteiger charge is -2.01. The van der Waals surface area contributed by atoms with E-state index in [1.54, 1.807) is 0 Å². The second-order valence-electron chi connectivity index (χ2n) is 2.99. The number of hydrogen-bond donors (Lipinski definition) is 1. The zero-order chi connectivity index (χ0) is 9.68. The third-order valence-electron chi connectivity index (χ3n) is 1.90. The maximum absolute atomic E-state index is 5.77.